The molecule has 6 nitrogen and oxygen atoms in total. The van der Waals surface area contributed by atoms with Crippen LogP contribution in [0.5, 0.6) is 5.75 Å². The zero-order chi connectivity index (χ0) is 23.2. The molecule has 1 fully saturated rings. The molecule has 6 heteroatoms. The second-order valence-electron chi connectivity index (χ2n) is 8.15. The first-order valence-electron chi connectivity index (χ1n) is 10.3. The zero-order valence-corrected chi connectivity index (χ0v) is 18.7. The Labute approximate surface area is 186 Å². The molecule has 32 heavy (non-hydrogen) atoms. The van der Waals surface area contributed by atoms with Crippen LogP contribution < -0.4 is 9.64 Å². The lowest BCUT2D eigenvalue weighted by molar-refractivity contribution is -0.132. The van der Waals surface area contributed by atoms with Gasteiger partial charge in [0.1, 0.15) is 29.1 Å². The van der Waals surface area contributed by atoms with Crippen LogP contribution >= 0.6 is 0 Å². The number of amides is 1. The molecule has 1 amide bonds. The zero-order valence-electron chi connectivity index (χ0n) is 18.7. The Morgan fingerprint density at radius 1 is 0.969 bits per heavy atom. The van der Waals surface area contributed by atoms with Crippen molar-refractivity contribution in [1.82, 2.24) is 0 Å². The van der Waals surface area contributed by atoms with E-state index in [1.54, 1.807) is 44.4 Å². The molecule has 164 valence electrons. The molecule has 1 N–H and O–H groups in total. The summed E-state index contributed by atoms with van der Waals surface area (Å²) in [7, 11) is 1.57. The quantitative estimate of drug-likeness (QED) is 0.351. The van der Waals surface area contributed by atoms with Crippen molar-refractivity contribution in [3.63, 3.8) is 0 Å². The van der Waals surface area contributed by atoms with Gasteiger partial charge in [-0.3, -0.25) is 14.5 Å². The van der Waals surface area contributed by atoms with E-state index in [2.05, 4.69) is 0 Å². The highest BCUT2D eigenvalue weighted by Gasteiger charge is 2.48. The largest absolute Gasteiger partial charge is 0.507 e. The van der Waals surface area contributed by atoms with Crippen molar-refractivity contribution >= 4 is 23.1 Å². The van der Waals surface area contributed by atoms with E-state index in [0.717, 1.165) is 16.7 Å². The Morgan fingerprint density at radius 3 is 2.22 bits per heavy atom. The summed E-state index contributed by atoms with van der Waals surface area (Å²) in [4.78, 5) is 27.8. The Morgan fingerprint density at radius 2 is 1.66 bits per heavy atom. The summed E-state index contributed by atoms with van der Waals surface area (Å²) in [6.07, 6.45) is 0. The first kappa shape index (κ1) is 21.4. The van der Waals surface area contributed by atoms with Gasteiger partial charge >= 0.3 is 0 Å². The van der Waals surface area contributed by atoms with Crippen molar-refractivity contribution in [2.75, 3.05) is 12.0 Å². The summed E-state index contributed by atoms with van der Waals surface area (Å²) in [6, 6.07) is 13.4. The third-order valence-corrected chi connectivity index (χ3v) is 5.63. The highest BCUT2D eigenvalue weighted by Crippen LogP contribution is 2.43. The van der Waals surface area contributed by atoms with Crippen molar-refractivity contribution in [3.8, 4) is 5.75 Å². The molecule has 1 saturated heterocycles. The molecule has 1 unspecified atom stereocenters. The minimum absolute atomic E-state index is 0.00641. The highest BCUT2D eigenvalue weighted by atomic mass is 16.5. The average Bonchev–Trinajstić information content (AvgIpc) is 3.27. The number of furan rings is 1. The topological polar surface area (TPSA) is 80.0 Å². The molecular formula is C26H25NO5. The van der Waals surface area contributed by atoms with Crippen LogP contribution in [-0.2, 0) is 9.59 Å². The van der Waals surface area contributed by atoms with Crippen LogP contribution in [0, 0.1) is 27.7 Å². The first-order chi connectivity index (χ1) is 15.2. The number of rotatable bonds is 4. The van der Waals surface area contributed by atoms with Crippen LogP contribution in [0.4, 0.5) is 5.69 Å². The molecule has 2 heterocycles. The number of carbonyl (C=O) groups excluding carboxylic acids is 2. The fourth-order valence-electron chi connectivity index (χ4n) is 4.24. The third kappa shape index (κ3) is 3.58. The summed E-state index contributed by atoms with van der Waals surface area (Å²) >= 11 is 0. The highest BCUT2D eigenvalue weighted by molar-refractivity contribution is 6.51. The van der Waals surface area contributed by atoms with Gasteiger partial charge in [-0.15, -0.1) is 0 Å². The Bertz CT molecular complexity index is 1250. The standard InChI is InChI=1S/C26H25NO5/c1-14-10-15(2)12-19(11-14)27-23(21-8-6-17(4)32-21)22(25(29)26(27)30)24(28)18-7-9-20(31-5)16(3)13-18/h6-13,23,28H,1-5H3/b24-22-. The third-order valence-electron chi connectivity index (χ3n) is 5.63. The van der Waals surface area contributed by atoms with Crippen LogP contribution in [0.2, 0.25) is 0 Å². The number of aliphatic hydroxyl groups excluding tert-OH is 1. The van der Waals surface area contributed by atoms with Gasteiger partial charge in [-0.2, -0.15) is 0 Å². The molecule has 4 rings (SSSR count). The van der Waals surface area contributed by atoms with E-state index in [9.17, 15) is 14.7 Å². The maximum absolute atomic E-state index is 13.2. The monoisotopic (exact) mass is 431 g/mol. The van der Waals surface area contributed by atoms with Crippen molar-refractivity contribution in [3.05, 3.63) is 87.9 Å². The number of aliphatic hydroxyl groups is 1. The molecule has 1 aromatic heterocycles. The molecule has 0 bridgehead atoms. The van der Waals surface area contributed by atoms with E-state index in [1.807, 2.05) is 39.0 Å². The molecule has 2 aromatic carbocycles. The maximum atomic E-state index is 13.2. The summed E-state index contributed by atoms with van der Waals surface area (Å²) in [5.74, 6) is 0.00411. The number of ketones is 1. The number of methoxy groups -OCH3 is 1. The van der Waals surface area contributed by atoms with Crippen molar-refractivity contribution in [2.45, 2.75) is 33.7 Å². The number of Topliss-reactive ketones (excluding diaryl/α,β-unsaturated/α-hetero) is 1. The Balaban J connectivity index is 1.94. The number of anilines is 1. The fraction of sp³-hybridized carbons (Fsp3) is 0.231. The van der Waals surface area contributed by atoms with Crippen LogP contribution in [0.1, 0.15) is 39.8 Å². The lowest BCUT2D eigenvalue weighted by Crippen LogP contribution is -2.29. The van der Waals surface area contributed by atoms with E-state index < -0.39 is 17.7 Å². The van der Waals surface area contributed by atoms with Gasteiger partial charge in [-0.25, -0.2) is 0 Å². The first-order valence-corrected chi connectivity index (χ1v) is 10.3. The number of ether oxygens (including phenoxy) is 1. The van der Waals surface area contributed by atoms with Crippen LogP contribution in [0.3, 0.4) is 0 Å². The van der Waals surface area contributed by atoms with Gasteiger partial charge in [0, 0.05) is 11.3 Å². The molecule has 0 spiro atoms. The average molecular weight is 431 g/mol. The number of benzene rings is 2. The number of hydrogen-bond donors (Lipinski definition) is 1. The summed E-state index contributed by atoms with van der Waals surface area (Å²) in [6.45, 7) is 7.50. The van der Waals surface area contributed by atoms with E-state index in [-0.39, 0.29) is 11.3 Å². The van der Waals surface area contributed by atoms with E-state index in [0.29, 0.717) is 28.5 Å². The number of aryl methyl sites for hydroxylation is 4. The molecule has 0 radical (unpaired) electrons. The molecular weight excluding hydrogens is 406 g/mol. The van der Waals surface area contributed by atoms with Crippen LogP contribution in [-0.4, -0.2) is 23.9 Å². The number of nitrogens with zero attached hydrogens (tertiary/aromatic N) is 1. The molecule has 1 atom stereocenters. The Kier molecular flexibility index (Phi) is 5.38. The second-order valence-corrected chi connectivity index (χ2v) is 8.15. The van der Waals surface area contributed by atoms with Crippen molar-refractivity contribution in [1.29, 1.82) is 0 Å². The van der Waals surface area contributed by atoms with Gasteiger partial charge in [-0.05, 0) is 86.8 Å². The second kappa shape index (κ2) is 8.04. The summed E-state index contributed by atoms with van der Waals surface area (Å²) < 4.78 is 11.1. The van der Waals surface area contributed by atoms with Crippen molar-refractivity contribution in [2.24, 2.45) is 0 Å². The van der Waals surface area contributed by atoms with E-state index in [4.69, 9.17) is 9.15 Å². The molecule has 0 aliphatic carbocycles. The van der Waals surface area contributed by atoms with Gasteiger partial charge < -0.3 is 14.3 Å². The predicted molar refractivity (Wildman–Crippen MR) is 122 cm³/mol. The van der Waals surface area contributed by atoms with Gasteiger partial charge in [0.05, 0.1) is 12.7 Å². The number of carbonyl (C=O) groups is 2. The minimum Gasteiger partial charge on any atom is -0.507 e. The van der Waals surface area contributed by atoms with E-state index >= 15 is 0 Å². The summed E-state index contributed by atoms with van der Waals surface area (Å²) in [5, 5.41) is 11.2. The predicted octanol–water partition coefficient (Wildman–Crippen LogP) is 5.15. The van der Waals surface area contributed by atoms with Crippen molar-refractivity contribution < 1.29 is 23.8 Å². The SMILES string of the molecule is COc1ccc(/C(O)=C2/C(=O)C(=O)N(c3cc(C)cc(C)c3)C2c2ccc(C)o2)cc1C. The molecule has 3 aromatic rings. The lowest BCUT2D eigenvalue weighted by atomic mass is 9.98. The number of hydrogen-bond acceptors (Lipinski definition) is 5. The minimum atomic E-state index is -0.882. The van der Waals surface area contributed by atoms with Crippen LogP contribution in [0.25, 0.3) is 5.76 Å². The molecule has 0 saturated carbocycles. The molecule has 1 aliphatic rings. The van der Waals surface area contributed by atoms with E-state index in [1.165, 1.54) is 4.90 Å². The smallest absolute Gasteiger partial charge is 0.300 e. The van der Waals surface area contributed by atoms with Gasteiger partial charge in [0.15, 0.2) is 0 Å². The Hall–Kier alpha value is -3.80. The molecule has 1 aliphatic heterocycles. The normalized spacial score (nSPS) is 17.8. The summed E-state index contributed by atoms with van der Waals surface area (Å²) in [5.41, 5.74) is 3.71. The van der Waals surface area contributed by atoms with Gasteiger partial charge in [0.25, 0.3) is 11.7 Å². The maximum Gasteiger partial charge on any atom is 0.300 e. The van der Waals surface area contributed by atoms with Gasteiger partial charge in [-0.1, -0.05) is 6.07 Å². The van der Waals surface area contributed by atoms with Crippen LogP contribution in [0.15, 0.2) is 58.5 Å². The van der Waals surface area contributed by atoms with Gasteiger partial charge in [0.2, 0.25) is 0 Å². The fourth-order valence-corrected chi connectivity index (χ4v) is 4.24. The lowest BCUT2D eigenvalue weighted by Gasteiger charge is -2.24.